The van der Waals surface area contributed by atoms with Gasteiger partial charge in [0.05, 0.1) is 0 Å². The second-order valence-corrected chi connectivity index (χ2v) is 4.13. The topological polar surface area (TPSA) is 193 Å². The summed E-state index contributed by atoms with van der Waals surface area (Å²) in [5, 5.41) is 16.0. The van der Waals surface area contributed by atoms with Gasteiger partial charge in [-0.05, 0) is 6.92 Å². The van der Waals surface area contributed by atoms with E-state index in [4.69, 9.17) is 26.2 Å². The molecule has 0 bridgehead atoms. The molecule has 2 atom stereocenters. The van der Waals surface area contributed by atoms with E-state index in [0.717, 1.165) is 0 Å². The van der Waals surface area contributed by atoms with Gasteiger partial charge in [0, 0.05) is 6.54 Å². The van der Waals surface area contributed by atoms with Crippen LogP contribution in [0.4, 0.5) is 0 Å². The lowest BCUT2D eigenvalue weighted by molar-refractivity contribution is -0.139. The van der Waals surface area contributed by atoms with Crippen LogP contribution in [0.1, 0.15) is 6.92 Å². The zero-order valence-electron chi connectivity index (χ0n) is 8.90. The van der Waals surface area contributed by atoms with Crippen LogP contribution in [0, 0.1) is 0 Å². The number of aliphatic carboxylic acids is 2. The number of hydrogen-bond donors (Lipinski definition) is 6. The molecule has 0 aromatic rings. The predicted octanol–water partition coefficient (Wildman–Crippen LogP) is -2.79. The molecule has 10 nitrogen and oxygen atoms in total. The van der Waals surface area contributed by atoms with Crippen molar-refractivity contribution in [3.05, 3.63) is 0 Å². The number of carbonyl (C=O) groups is 2. The predicted molar refractivity (Wildman–Crippen MR) is 56.4 cm³/mol. The van der Waals surface area contributed by atoms with Crippen LogP contribution in [0.25, 0.3) is 0 Å². The van der Waals surface area contributed by atoms with E-state index >= 15 is 0 Å². The summed E-state index contributed by atoms with van der Waals surface area (Å²) in [7, 11) is -4.35. The molecule has 0 spiro atoms. The quantitative estimate of drug-likeness (QED) is 0.287. The summed E-state index contributed by atoms with van der Waals surface area (Å²) in [6.07, 6.45) is 0. The number of nitrogens with one attached hydrogen (secondary N) is 1. The van der Waals surface area contributed by atoms with Crippen molar-refractivity contribution in [1.82, 2.24) is 4.72 Å². The second kappa shape index (κ2) is 7.92. The summed E-state index contributed by atoms with van der Waals surface area (Å²) in [5.74, 6) is -2.31. The molecular formula is C6H15N3O7S. The molecule has 0 aromatic carbocycles. The molecule has 0 aliphatic rings. The van der Waals surface area contributed by atoms with Crippen LogP contribution in [-0.4, -0.2) is 53.8 Å². The van der Waals surface area contributed by atoms with Crippen molar-refractivity contribution in [2.75, 3.05) is 6.54 Å². The van der Waals surface area contributed by atoms with Crippen molar-refractivity contribution in [1.29, 1.82) is 0 Å². The standard InChI is InChI=1S/C3H8N2O5S.C3H7NO2/c4-2(3(6)7)1-5-11(8,9)10;1-2(4)3(5)6/h2,5H,1,4H2,(H,6,7)(H,8,9,10);2H,4H2,1H3,(H,5,6)/t2*2-/m00/s1. The van der Waals surface area contributed by atoms with Gasteiger partial charge in [-0.1, -0.05) is 0 Å². The van der Waals surface area contributed by atoms with Crippen molar-refractivity contribution in [2.24, 2.45) is 11.5 Å². The van der Waals surface area contributed by atoms with Gasteiger partial charge in [-0.2, -0.15) is 13.1 Å². The normalized spacial score (nSPS) is 14.1. The first kappa shape index (κ1) is 18.1. The first-order valence-corrected chi connectivity index (χ1v) is 5.60. The Morgan fingerprint density at radius 1 is 1.24 bits per heavy atom. The minimum atomic E-state index is -4.35. The summed E-state index contributed by atoms with van der Waals surface area (Å²) in [5.41, 5.74) is 9.72. The van der Waals surface area contributed by atoms with Gasteiger partial charge in [-0.25, -0.2) is 0 Å². The third-order valence-corrected chi connectivity index (χ3v) is 1.72. The molecule has 0 saturated heterocycles. The molecule has 0 heterocycles. The van der Waals surface area contributed by atoms with E-state index in [1.807, 2.05) is 0 Å². The van der Waals surface area contributed by atoms with E-state index in [0.29, 0.717) is 0 Å². The van der Waals surface area contributed by atoms with Gasteiger partial charge in [0.2, 0.25) is 0 Å². The highest BCUT2D eigenvalue weighted by Gasteiger charge is 2.13. The van der Waals surface area contributed by atoms with Crippen LogP contribution >= 0.6 is 0 Å². The number of carboxylic acids is 2. The third-order valence-electron chi connectivity index (χ3n) is 1.19. The Balaban J connectivity index is 0. The highest BCUT2D eigenvalue weighted by atomic mass is 32.2. The van der Waals surface area contributed by atoms with Crippen molar-refractivity contribution in [2.45, 2.75) is 19.0 Å². The molecule has 0 aliphatic heterocycles. The van der Waals surface area contributed by atoms with Gasteiger partial charge >= 0.3 is 22.2 Å². The van der Waals surface area contributed by atoms with Crippen molar-refractivity contribution >= 4 is 22.2 Å². The SMILES string of the molecule is C[C@H](N)C(=O)O.N[C@@H](CNS(=O)(=O)O)C(=O)O. The molecule has 0 aromatic heterocycles. The lowest BCUT2D eigenvalue weighted by atomic mass is 10.3. The maximum absolute atomic E-state index is 9.97. The van der Waals surface area contributed by atoms with Crippen LogP contribution in [0.15, 0.2) is 0 Å². The van der Waals surface area contributed by atoms with Gasteiger partial charge in [0.15, 0.2) is 0 Å². The zero-order chi connectivity index (χ0) is 14.2. The fourth-order valence-corrected chi connectivity index (χ4v) is 0.673. The van der Waals surface area contributed by atoms with E-state index < -0.39 is 40.9 Å². The number of carboxylic acid groups (broad SMARTS) is 2. The Labute approximate surface area is 97.5 Å². The third kappa shape index (κ3) is 14.7. The average Bonchev–Trinajstić information content (AvgIpc) is 2.13. The first-order valence-electron chi connectivity index (χ1n) is 4.16. The molecule has 0 radical (unpaired) electrons. The minimum Gasteiger partial charge on any atom is -0.480 e. The van der Waals surface area contributed by atoms with Crippen molar-refractivity contribution in [3.63, 3.8) is 0 Å². The molecule has 11 heteroatoms. The Morgan fingerprint density at radius 3 is 1.76 bits per heavy atom. The van der Waals surface area contributed by atoms with E-state index in [2.05, 4.69) is 0 Å². The lowest BCUT2D eigenvalue weighted by Gasteiger charge is -2.04. The molecule has 17 heavy (non-hydrogen) atoms. The van der Waals surface area contributed by atoms with Gasteiger partial charge in [-0.15, -0.1) is 0 Å². The Hall–Kier alpha value is -1.27. The van der Waals surface area contributed by atoms with Gasteiger partial charge in [0.1, 0.15) is 12.1 Å². The molecule has 0 aliphatic carbocycles. The first-order chi connectivity index (χ1) is 7.47. The summed E-state index contributed by atoms with van der Waals surface area (Å²) < 4.78 is 29.5. The van der Waals surface area contributed by atoms with E-state index in [1.54, 1.807) is 0 Å². The summed E-state index contributed by atoms with van der Waals surface area (Å²) in [4.78, 5) is 19.5. The van der Waals surface area contributed by atoms with Crippen LogP contribution in [0.5, 0.6) is 0 Å². The van der Waals surface area contributed by atoms with Gasteiger partial charge < -0.3 is 21.7 Å². The van der Waals surface area contributed by atoms with Crippen LogP contribution in [0.2, 0.25) is 0 Å². The van der Waals surface area contributed by atoms with Gasteiger partial charge in [-0.3, -0.25) is 14.1 Å². The van der Waals surface area contributed by atoms with Crippen LogP contribution in [-0.2, 0) is 19.9 Å². The smallest absolute Gasteiger partial charge is 0.333 e. The monoisotopic (exact) mass is 273 g/mol. The largest absolute Gasteiger partial charge is 0.480 e. The van der Waals surface area contributed by atoms with Crippen molar-refractivity contribution in [3.8, 4) is 0 Å². The van der Waals surface area contributed by atoms with E-state index in [-0.39, 0.29) is 0 Å². The maximum atomic E-state index is 9.97. The molecule has 0 saturated carbocycles. The fourth-order valence-electron chi connectivity index (χ4n) is 0.282. The summed E-state index contributed by atoms with van der Waals surface area (Å²) in [6.45, 7) is 0.885. The summed E-state index contributed by atoms with van der Waals surface area (Å²) in [6, 6.07) is -2.08. The highest BCUT2D eigenvalue weighted by molar-refractivity contribution is 7.83. The van der Waals surface area contributed by atoms with Crippen LogP contribution < -0.4 is 16.2 Å². The molecular weight excluding hydrogens is 258 g/mol. The van der Waals surface area contributed by atoms with E-state index in [9.17, 15) is 18.0 Å². The molecule has 8 N–H and O–H groups in total. The molecule has 0 amide bonds. The number of rotatable bonds is 5. The molecule has 102 valence electrons. The Morgan fingerprint density at radius 2 is 1.59 bits per heavy atom. The van der Waals surface area contributed by atoms with Gasteiger partial charge in [0.25, 0.3) is 0 Å². The number of hydrogen-bond acceptors (Lipinski definition) is 6. The zero-order valence-corrected chi connectivity index (χ0v) is 9.72. The summed E-state index contributed by atoms with van der Waals surface area (Å²) >= 11 is 0. The highest BCUT2D eigenvalue weighted by Crippen LogP contribution is 1.78. The van der Waals surface area contributed by atoms with E-state index in [1.165, 1.54) is 11.6 Å². The average molecular weight is 273 g/mol. The Bertz CT molecular complexity index is 353. The van der Waals surface area contributed by atoms with Crippen LogP contribution in [0.3, 0.4) is 0 Å². The fraction of sp³-hybridized carbons (Fsp3) is 0.667. The Kier molecular flexibility index (Phi) is 8.43. The molecule has 0 unspecified atom stereocenters. The lowest BCUT2D eigenvalue weighted by Crippen LogP contribution is -2.42. The molecule has 0 rings (SSSR count). The maximum Gasteiger partial charge on any atom is 0.333 e. The van der Waals surface area contributed by atoms with Crippen molar-refractivity contribution < 1.29 is 32.8 Å². The molecule has 0 fully saturated rings. The minimum absolute atomic E-state index is 0.534. The number of nitrogens with two attached hydrogens (primary N) is 2. The second-order valence-electron chi connectivity index (χ2n) is 2.90.